The summed E-state index contributed by atoms with van der Waals surface area (Å²) in [5.41, 5.74) is 18.1. The molecule has 21 nitrogen and oxygen atoms in total. The molecule has 0 aromatic carbocycles. The number of carbonyl (C=O) groups excluding carboxylic acids is 6. The summed E-state index contributed by atoms with van der Waals surface area (Å²) < 4.78 is 17.7. The van der Waals surface area contributed by atoms with Crippen LogP contribution in [0.15, 0.2) is 67.4 Å². The number of hydrogen-bond acceptors (Lipinski definition) is 17. The van der Waals surface area contributed by atoms with E-state index in [9.17, 15) is 39.3 Å². The van der Waals surface area contributed by atoms with Crippen molar-refractivity contribution in [2.24, 2.45) is 39.4 Å². The van der Waals surface area contributed by atoms with Crippen LogP contribution in [-0.2, 0) is 43.0 Å². The van der Waals surface area contributed by atoms with E-state index in [0.717, 1.165) is 55.6 Å². The van der Waals surface area contributed by atoms with Crippen LogP contribution in [0.1, 0.15) is 119 Å². The van der Waals surface area contributed by atoms with E-state index in [1.165, 1.54) is 0 Å². The van der Waals surface area contributed by atoms with Crippen molar-refractivity contribution in [1.29, 1.82) is 10.5 Å². The molecule has 0 aromatic heterocycles. The second kappa shape index (κ2) is 27.3. The molecule has 79 heavy (non-hydrogen) atoms. The summed E-state index contributed by atoms with van der Waals surface area (Å²) in [6.07, 6.45) is 7.54. The van der Waals surface area contributed by atoms with Gasteiger partial charge in [0.15, 0.2) is 0 Å². The minimum atomic E-state index is -1.17. The van der Waals surface area contributed by atoms with Gasteiger partial charge in [0.25, 0.3) is 23.4 Å². The molecule has 0 saturated carbocycles. The highest BCUT2D eigenvalue weighted by molar-refractivity contribution is 6.05. The van der Waals surface area contributed by atoms with Crippen molar-refractivity contribution in [2.45, 2.75) is 119 Å². The Hall–Kier alpha value is -6.99. The van der Waals surface area contributed by atoms with Crippen molar-refractivity contribution >= 4 is 35.6 Å². The number of rotatable bonds is 21. The molecule has 428 valence electrons. The number of carbonyl (C=O) groups is 6. The molecule has 0 unspecified atom stereocenters. The maximum Gasteiger partial charge on any atom is 0.349 e. The molecule has 6 rings (SSSR count). The van der Waals surface area contributed by atoms with Gasteiger partial charge in [-0.05, 0) is 110 Å². The van der Waals surface area contributed by atoms with Gasteiger partial charge in [-0.2, -0.15) is 10.5 Å². The minimum Gasteiger partial charge on any atom is -0.470 e. The van der Waals surface area contributed by atoms with E-state index in [4.69, 9.17) is 38.0 Å². The lowest BCUT2D eigenvalue weighted by Crippen LogP contribution is -2.38. The molecule has 0 aromatic rings. The first-order chi connectivity index (χ1) is 37.6. The van der Waals surface area contributed by atoms with Crippen LogP contribution in [0.4, 0.5) is 0 Å². The number of nitrogens with two attached hydrogens (primary N) is 3. The van der Waals surface area contributed by atoms with E-state index in [-0.39, 0.29) is 92.0 Å². The van der Waals surface area contributed by atoms with Crippen molar-refractivity contribution in [3.05, 3.63) is 78.8 Å². The van der Waals surface area contributed by atoms with Gasteiger partial charge in [-0.3, -0.25) is 19.2 Å². The molecule has 0 radical (unpaired) electrons. The molecule has 21 heteroatoms. The molecule has 0 atom stereocenters. The predicted octanol–water partition coefficient (Wildman–Crippen LogP) is 3.78. The zero-order valence-electron chi connectivity index (χ0n) is 47.3. The number of hydrogen-bond donors (Lipinski definition) is 6. The van der Waals surface area contributed by atoms with E-state index in [1.807, 2.05) is 53.7 Å². The van der Waals surface area contributed by atoms with E-state index in [0.29, 0.717) is 58.5 Å². The third kappa shape index (κ3) is 15.2. The Bertz CT molecular complexity index is 2420. The van der Waals surface area contributed by atoms with E-state index >= 15 is 0 Å². The number of allylic oxidation sites excluding steroid dienone is 3. The number of ether oxygens (including phenoxy) is 3. The Morgan fingerprint density at radius 1 is 0.519 bits per heavy atom. The normalized spacial score (nSPS) is 21.7. The average molecular weight is 1090 g/mol. The molecule has 3 amide bonds. The predicted molar refractivity (Wildman–Crippen MR) is 294 cm³/mol. The third-order valence-corrected chi connectivity index (χ3v) is 15.3. The number of esters is 3. The van der Waals surface area contributed by atoms with Crippen molar-refractivity contribution in [3.63, 3.8) is 0 Å². The standard InChI is InChI=1S/C58H82N12O9/c1-56(2)26-38(46(50(71)65-17-14-59)43(29-56)68-20-8-9-21-68)41(32-62)53(74)77-34-37(35-78-54(75)42(33-63)39-27-57(3,4)30-44(69-22-10-11-23-69)47(39)51(72)66-18-15-60)36-79-55(76)49(64-7)40-28-58(5,6)31-45(70-24-12-13-25-70)48(40)52(73)67-19-16-61/h37H,8-31,34-36,59-61H2,1-6H3,(H,65,71)(H,66,72)(H,67,73)/b41-38+,42-39+,49-40-. The number of amides is 3. The summed E-state index contributed by atoms with van der Waals surface area (Å²) in [6, 6.07) is 4.03. The highest BCUT2D eigenvalue weighted by Gasteiger charge is 2.43. The molecule has 0 spiro atoms. The van der Waals surface area contributed by atoms with Gasteiger partial charge in [0.05, 0.1) is 35.8 Å². The van der Waals surface area contributed by atoms with E-state index < -0.39 is 94.5 Å². The lowest BCUT2D eigenvalue weighted by molar-refractivity contribution is -0.148. The lowest BCUT2D eigenvalue weighted by Gasteiger charge is -2.39. The summed E-state index contributed by atoms with van der Waals surface area (Å²) >= 11 is 0. The number of nitrogens with one attached hydrogen (secondary N) is 3. The molecule has 3 aliphatic heterocycles. The van der Waals surface area contributed by atoms with Crippen LogP contribution in [0.2, 0.25) is 0 Å². The molecular formula is C58H82N12O9. The second-order valence-electron chi connectivity index (χ2n) is 23.8. The Morgan fingerprint density at radius 3 is 1.10 bits per heavy atom. The number of likely N-dealkylation sites (tertiary alicyclic amines) is 3. The lowest BCUT2D eigenvalue weighted by atomic mass is 9.72. The first-order valence-electron chi connectivity index (χ1n) is 27.9. The van der Waals surface area contributed by atoms with Gasteiger partial charge < -0.3 is 62.1 Å². The Labute approximate surface area is 465 Å². The maximum absolute atomic E-state index is 14.4. The Morgan fingerprint density at radius 2 is 0.810 bits per heavy atom. The quantitative estimate of drug-likeness (QED) is 0.0313. The molecule has 3 saturated heterocycles. The van der Waals surface area contributed by atoms with Gasteiger partial charge in [-0.25, -0.2) is 14.4 Å². The highest BCUT2D eigenvalue weighted by Crippen LogP contribution is 2.48. The molecule has 6 aliphatic rings. The van der Waals surface area contributed by atoms with Crippen molar-refractivity contribution in [2.75, 3.05) is 98.4 Å². The molecular weight excluding hydrogens is 1010 g/mol. The van der Waals surface area contributed by atoms with Gasteiger partial charge in [0, 0.05) is 95.6 Å². The van der Waals surface area contributed by atoms with Gasteiger partial charge in [0.2, 0.25) is 0 Å². The van der Waals surface area contributed by atoms with Gasteiger partial charge in [-0.15, -0.1) is 0 Å². The second-order valence-corrected chi connectivity index (χ2v) is 23.8. The van der Waals surface area contributed by atoms with Crippen LogP contribution in [0.25, 0.3) is 4.85 Å². The summed E-state index contributed by atoms with van der Waals surface area (Å²) in [4.78, 5) is 95.4. The zero-order chi connectivity index (χ0) is 57.7. The van der Waals surface area contributed by atoms with E-state index in [1.54, 1.807) is 0 Å². The SMILES string of the molecule is [C-]#[N+]/C(C(=O)OCC(COC(=O)/C(C#N)=C1\CC(C)(C)CC(N2CCCC2)=C1C(=O)NCCN)COC(=O)/C(C#N)=C1\CC(C)(C)CC(N2CCCC2)=C1C(=O)NCCN)=C1/CC(C)(C)CC(N2CCCC2)=C1C(=O)NCCN. The minimum absolute atomic E-state index is 0.154. The Balaban J connectivity index is 1.39. The third-order valence-electron chi connectivity index (χ3n) is 15.3. The number of nitrogens with zero attached hydrogens (tertiary/aromatic N) is 6. The molecule has 3 aliphatic carbocycles. The smallest absolute Gasteiger partial charge is 0.349 e. The largest absolute Gasteiger partial charge is 0.470 e. The highest BCUT2D eigenvalue weighted by atomic mass is 16.6. The van der Waals surface area contributed by atoms with Crippen LogP contribution < -0.4 is 33.2 Å². The molecule has 9 N–H and O–H groups in total. The van der Waals surface area contributed by atoms with Crippen LogP contribution in [-0.4, -0.2) is 149 Å². The monoisotopic (exact) mass is 1090 g/mol. The van der Waals surface area contributed by atoms with Gasteiger partial charge in [-0.1, -0.05) is 41.5 Å². The average Bonchev–Trinajstić information content (AvgIpc) is 4.34. The van der Waals surface area contributed by atoms with Gasteiger partial charge >= 0.3 is 17.9 Å². The van der Waals surface area contributed by atoms with Crippen molar-refractivity contribution in [3.8, 4) is 12.1 Å². The van der Waals surface area contributed by atoms with Crippen molar-refractivity contribution < 1.29 is 43.0 Å². The van der Waals surface area contributed by atoms with Crippen LogP contribution in [0, 0.1) is 51.4 Å². The first-order valence-corrected chi connectivity index (χ1v) is 27.9. The van der Waals surface area contributed by atoms with E-state index in [2.05, 4.69) is 35.5 Å². The van der Waals surface area contributed by atoms with Crippen LogP contribution in [0.3, 0.4) is 0 Å². The fraction of sp³-hybridized carbons (Fsp3) is 0.638. The van der Waals surface area contributed by atoms with Gasteiger partial charge in [0.1, 0.15) is 36.5 Å². The van der Waals surface area contributed by atoms with Crippen LogP contribution in [0.5, 0.6) is 0 Å². The topological polar surface area (TPSA) is 306 Å². The maximum atomic E-state index is 14.4. The fourth-order valence-electron chi connectivity index (χ4n) is 11.7. The fourth-order valence-corrected chi connectivity index (χ4v) is 11.7. The summed E-state index contributed by atoms with van der Waals surface area (Å²) in [7, 11) is 0. The first kappa shape index (κ1) is 61.2. The molecule has 3 fully saturated rings. The Kier molecular flexibility index (Phi) is 21.1. The summed E-state index contributed by atoms with van der Waals surface area (Å²) in [5.74, 6) is -5.84. The summed E-state index contributed by atoms with van der Waals surface area (Å²) in [5, 5.41) is 30.0. The zero-order valence-corrected chi connectivity index (χ0v) is 47.3. The number of nitriles is 2. The van der Waals surface area contributed by atoms with Crippen LogP contribution >= 0.6 is 0 Å². The van der Waals surface area contributed by atoms with Crippen molar-refractivity contribution in [1.82, 2.24) is 30.7 Å². The molecule has 3 heterocycles. The summed E-state index contributed by atoms with van der Waals surface area (Å²) in [6.45, 7) is 23.6. The molecule has 0 bridgehead atoms.